The van der Waals surface area contributed by atoms with Crippen molar-refractivity contribution in [1.82, 2.24) is 0 Å². The van der Waals surface area contributed by atoms with Crippen LogP contribution in [0.1, 0.15) is 0 Å². The van der Waals surface area contributed by atoms with Gasteiger partial charge < -0.3 is 17.7 Å². The average Bonchev–Trinajstić information content (AvgIpc) is 2.16. The zero-order valence-corrected chi connectivity index (χ0v) is 8.73. The highest BCUT2D eigenvalue weighted by atomic mass is 35.5. The number of rotatable bonds is 4. The molecule has 88 valence electrons. The molecule has 0 aliphatic heterocycles. The first-order chi connectivity index (χ1) is 7.45. The van der Waals surface area contributed by atoms with Crippen LogP contribution in [0.25, 0.3) is 0 Å². The second-order valence-corrected chi connectivity index (χ2v) is 3.18. The Labute approximate surface area is 94.7 Å². The van der Waals surface area contributed by atoms with E-state index < -0.39 is 24.0 Å². The average molecular weight is 253 g/mol. The standard InChI is InChI=1S/C9H7BClF4O/c11-4-1-5-16-9-6-7(12)2-3-8(9)10(13,14)15/h1-4,6H,5H2/q-1/b4-1+. The van der Waals surface area contributed by atoms with Crippen LogP contribution in [-0.2, 0) is 0 Å². The molecule has 0 saturated carbocycles. The molecule has 0 atom stereocenters. The van der Waals surface area contributed by atoms with Gasteiger partial charge in [-0.3, -0.25) is 0 Å². The van der Waals surface area contributed by atoms with E-state index in [-0.39, 0.29) is 6.61 Å². The zero-order chi connectivity index (χ0) is 12.2. The molecule has 0 N–H and O–H groups in total. The molecule has 0 saturated heterocycles. The summed E-state index contributed by atoms with van der Waals surface area (Å²) >= 11 is 5.18. The van der Waals surface area contributed by atoms with Crippen LogP contribution < -0.4 is 10.2 Å². The Balaban J connectivity index is 2.99. The van der Waals surface area contributed by atoms with Gasteiger partial charge in [0.15, 0.2) is 0 Å². The molecular weight excluding hydrogens is 246 g/mol. The molecule has 0 bridgehead atoms. The van der Waals surface area contributed by atoms with Crippen LogP contribution in [-0.4, -0.2) is 13.6 Å². The Morgan fingerprint density at radius 3 is 2.56 bits per heavy atom. The van der Waals surface area contributed by atoms with Crippen molar-refractivity contribution in [2.45, 2.75) is 0 Å². The normalized spacial score (nSPS) is 12.1. The fraction of sp³-hybridized carbons (Fsp3) is 0.111. The molecule has 16 heavy (non-hydrogen) atoms. The van der Waals surface area contributed by atoms with E-state index in [0.29, 0.717) is 12.1 Å². The van der Waals surface area contributed by atoms with Crippen molar-refractivity contribution in [2.75, 3.05) is 6.61 Å². The summed E-state index contributed by atoms with van der Waals surface area (Å²) in [7, 11) is 0. The molecule has 1 aromatic carbocycles. The number of benzene rings is 1. The number of hydrogen-bond acceptors (Lipinski definition) is 1. The first-order valence-electron chi connectivity index (χ1n) is 4.32. The van der Waals surface area contributed by atoms with E-state index >= 15 is 0 Å². The number of hydrogen-bond donors (Lipinski definition) is 0. The third kappa shape index (κ3) is 3.45. The molecule has 0 heterocycles. The lowest BCUT2D eigenvalue weighted by molar-refractivity contribution is 0.360. The van der Waals surface area contributed by atoms with E-state index in [2.05, 4.69) is 0 Å². The van der Waals surface area contributed by atoms with Crippen molar-refractivity contribution in [3.63, 3.8) is 0 Å². The SMILES string of the molecule is Fc1ccc([B-](F)(F)F)c(OC/C=C/Cl)c1. The number of ether oxygens (including phenoxy) is 1. The van der Waals surface area contributed by atoms with Crippen LogP contribution in [0.3, 0.4) is 0 Å². The van der Waals surface area contributed by atoms with Gasteiger partial charge in [-0.25, -0.2) is 4.39 Å². The fourth-order valence-electron chi connectivity index (χ4n) is 1.08. The van der Waals surface area contributed by atoms with Gasteiger partial charge in [-0.2, -0.15) is 0 Å². The Morgan fingerprint density at radius 1 is 1.31 bits per heavy atom. The molecule has 0 spiro atoms. The van der Waals surface area contributed by atoms with Crippen LogP contribution >= 0.6 is 11.6 Å². The molecule has 0 unspecified atom stereocenters. The molecule has 0 fully saturated rings. The topological polar surface area (TPSA) is 9.23 Å². The minimum Gasteiger partial charge on any atom is -0.492 e. The highest BCUT2D eigenvalue weighted by Crippen LogP contribution is 2.19. The lowest BCUT2D eigenvalue weighted by Crippen LogP contribution is -2.35. The van der Waals surface area contributed by atoms with Gasteiger partial charge in [0.1, 0.15) is 12.4 Å². The molecule has 0 amide bonds. The van der Waals surface area contributed by atoms with Crippen LogP contribution in [0.4, 0.5) is 17.3 Å². The molecule has 0 aromatic heterocycles. The largest absolute Gasteiger partial charge is 0.513 e. The third-order valence-corrected chi connectivity index (χ3v) is 1.93. The maximum absolute atomic E-state index is 12.8. The smallest absolute Gasteiger partial charge is 0.492 e. The van der Waals surface area contributed by atoms with Gasteiger partial charge in [-0.15, -0.1) is 0 Å². The minimum absolute atomic E-state index is 0.147. The summed E-state index contributed by atoms with van der Waals surface area (Å²) in [5, 5.41) is 0. The third-order valence-electron chi connectivity index (χ3n) is 1.75. The Kier molecular flexibility index (Phi) is 4.23. The summed E-state index contributed by atoms with van der Waals surface area (Å²) in [4.78, 5) is 0. The Bertz CT molecular complexity index is 392. The van der Waals surface area contributed by atoms with Crippen molar-refractivity contribution in [3.05, 3.63) is 35.6 Å². The van der Waals surface area contributed by atoms with Crippen LogP contribution in [0.2, 0.25) is 0 Å². The van der Waals surface area contributed by atoms with Gasteiger partial charge in [0.05, 0.1) is 5.75 Å². The molecule has 1 rings (SSSR count). The maximum Gasteiger partial charge on any atom is 0.513 e. The van der Waals surface area contributed by atoms with E-state index in [9.17, 15) is 17.3 Å². The molecule has 0 aliphatic carbocycles. The summed E-state index contributed by atoms with van der Waals surface area (Å²) in [6.45, 7) is -5.37. The van der Waals surface area contributed by atoms with Crippen molar-refractivity contribution >= 4 is 24.0 Å². The van der Waals surface area contributed by atoms with E-state index in [1.54, 1.807) is 0 Å². The van der Waals surface area contributed by atoms with Crippen molar-refractivity contribution in [2.24, 2.45) is 0 Å². The Morgan fingerprint density at radius 2 is 2.00 bits per heavy atom. The molecule has 1 nitrogen and oxygen atoms in total. The monoisotopic (exact) mass is 253 g/mol. The highest BCUT2D eigenvalue weighted by Gasteiger charge is 2.29. The lowest BCUT2D eigenvalue weighted by atomic mass is 9.79. The van der Waals surface area contributed by atoms with Crippen LogP contribution in [0.15, 0.2) is 29.8 Å². The van der Waals surface area contributed by atoms with E-state index in [1.165, 1.54) is 6.08 Å². The van der Waals surface area contributed by atoms with Gasteiger partial charge in [0.25, 0.3) is 0 Å². The van der Waals surface area contributed by atoms with E-state index in [4.69, 9.17) is 16.3 Å². The van der Waals surface area contributed by atoms with Gasteiger partial charge in [-0.05, 0) is 12.1 Å². The lowest BCUT2D eigenvalue weighted by Gasteiger charge is -2.19. The van der Waals surface area contributed by atoms with E-state index in [0.717, 1.165) is 11.6 Å². The first-order valence-corrected chi connectivity index (χ1v) is 4.76. The fourth-order valence-corrected chi connectivity index (χ4v) is 1.15. The molecule has 7 heteroatoms. The molecular formula is C9H7BClF4O-. The van der Waals surface area contributed by atoms with E-state index in [1.807, 2.05) is 0 Å². The molecule has 0 aliphatic rings. The van der Waals surface area contributed by atoms with Gasteiger partial charge in [0.2, 0.25) is 0 Å². The summed E-state index contributed by atoms with van der Waals surface area (Å²) in [6, 6.07) is 2.11. The van der Waals surface area contributed by atoms with Crippen molar-refractivity contribution in [3.8, 4) is 5.75 Å². The predicted molar refractivity (Wildman–Crippen MR) is 55.6 cm³/mol. The Hall–Kier alpha value is -1.17. The zero-order valence-electron chi connectivity index (χ0n) is 7.97. The number of halogens is 5. The molecule has 0 radical (unpaired) electrons. The summed E-state index contributed by atoms with van der Waals surface area (Å²) in [5.74, 6) is -1.31. The van der Waals surface area contributed by atoms with Crippen LogP contribution in [0.5, 0.6) is 5.75 Å². The summed E-state index contributed by atoms with van der Waals surface area (Å²) < 4.78 is 55.0. The highest BCUT2D eigenvalue weighted by molar-refractivity contribution is 6.74. The maximum atomic E-state index is 12.8. The summed E-state index contributed by atoms with van der Waals surface area (Å²) in [6.07, 6.45) is 1.31. The van der Waals surface area contributed by atoms with Gasteiger partial charge in [-0.1, -0.05) is 23.1 Å². The first kappa shape index (κ1) is 12.9. The second kappa shape index (κ2) is 5.25. The second-order valence-electron chi connectivity index (χ2n) is 2.93. The van der Waals surface area contributed by atoms with Crippen LogP contribution in [0, 0.1) is 5.82 Å². The van der Waals surface area contributed by atoms with Gasteiger partial charge >= 0.3 is 6.98 Å². The quantitative estimate of drug-likeness (QED) is 0.592. The predicted octanol–water partition coefficient (Wildman–Crippen LogP) is 3.01. The summed E-state index contributed by atoms with van der Waals surface area (Å²) in [5.41, 5.74) is 0.155. The van der Waals surface area contributed by atoms with Gasteiger partial charge in [0, 0.05) is 11.6 Å². The van der Waals surface area contributed by atoms with Crippen molar-refractivity contribution in [1.29, 1.82) is 0 Å². The minimum atomic E-state index is -5.22. The molecule has 1 aromatic rings. The van der Waals surface area contributed by atoms with Crippen molar-refractivity contribution < 1.29 is 22.1 Å².